The number of halogens is 2. The molecule has 0 bridgehead atoms. The molecule has 0 saturated carbocycles. The Morgan fingerprint density at radius 2 is 1.92 bits per heavy atom. The molecule has 3 N–H and O–H groups in total. The molecule has 0 fully saturated rings. The lowest BCUT2D eigenvalue weighted by atomic mass is 10.3. The molecule has 140 valence electrons. The second-order valence-electron chi connectivity index (χ2n) is 4.44. The summed E-state index contributed by atoms with van der Waals surface area (Å²) in [6.07, 6.45) is 1.89. The van der Waals surface area contributed by atoms with E-state index in [1.807, 2.05) is 0 Å². The van der Waals surface area contributed by atoms with Gasteiger partial charge in [-0.2, -0.15) is 0 Å². The summed E-state index contributed by atoms with van der Waals surface area (Å²) in [4.78, 5) is 34.2. The normalized spacial score (nSPS) is 10.1. The molecule has 0 aliphatic rings. The Bertz CT molecular complexity index is 727. The number of carbonyl (C=O) groups is 3. The molecule has 0 atom stereocenters. The SMILES string of the molecule is CCOC(=O)/C=C/C(=O)NC(=S)NNC(=O)COc1ccc(Cl)cc1Cl. The van der Waals surface area contributed by atoms with E-state index >= 15 is 0 Å². The molecule has 1 aromatic rings. The third-order valence-electron chi connectivity index (χ3n) is 2.46. The molecular formula is C15H15Cl2N3O5S. The Hall–Kier alpha value is -2.36. The first-order valence-corrected chi connectivity index (χ1v) is 8.30. The zero-order valence-corrected chi connectivity index (χ0v) is 15.8. The Kier molecular flexibility index (Phi) is 9.42. The molecule has 2 amide bonds. The van der Waals surface area contributed by atoms with Crippen molar-refractivity contribution in [2.75, 3.05) is 13.2 Å². The molecule has 1 aromatic carbocycles. The van der Waals surface area contributed by atoms with Crippen molar-refractivity contribution < 1.29 is 23.9 Å². The topological polar surface area (TPSA) is 106 Å². The van der Waals surface area contributed by atoms with E-state index in [2.05, 4.69) is 20.9 Å². The lowest BCUT2D eigenvalue weighted by Crippen LogP contribution is -2.49. The highest BCUT2D eigenvalue weighted by atomic mass is 35.5. The van der Waals surface area contributed by atoms with Crippen molar-refractivity contribution in [2.24, 2.45) is 0 Å². The van der Waals surface area contributed by atoms with E-state index in [1.165, 1.54) is 12.1 Å². The van der Waals surface area contributed by atoms with E-state index < -0.39 is 17.8 Å². The lowest BCUT2D eigenvalue weighted by molar-refractivity contribution is -0.137. The van der Waals surface area contributed by atoms with E-state index in [9.17, 15) is 14.4 Å². The van der Waals surface area contributed by atoms with Crippen LogP contribution in [0.15, 0.2) is 30.4 Å². The first-order valence-electron chi connectivity index (χ1n) is 7.14. The van der Waals surface area contributed by atoms with Gasteiger partial charge in [0, 0.05) is 17.2 Å². The molecule has 0 saturated heterocycles. The summed E-state index contributed by atoms with van der Waals surface area (Å²) in [5.41, 5.74) is 4.52. The van der Waals surface area contributed by atoms with Gasteiger partial charge in [-0.15, -0.1) is 0 Å². The van der Waals surface area contributed by atoms with E-state index in [1.54, 1.807) is 13.0 Å². The van der Waals surface area contributed by atoms with Crippen LogP contribution >= 0.6 is 35.4 Å². The maximum Gasteiger partial charge on any atom is 0.330 e. The number of rotatable bonds is 6. The van der Waals surface area contributed by atoms with E-state index in [0.29, 0.717) is 5.02 Å². The van der Waals surface area contributed by atoms with Gasteiger partial charge in [0.25, 0.3) is 5.91 Å². The van der Waals surface area contributed by atoms with Gasteiger partial charge in [-0.1, -0.05) is 23.2 Å². The summed E-state index contributed by atoms with van der Waals surface area (Å²) < 4.78 is 9.83. The zero-order valence-electron chi connectivity index (χ0n) is 13.5. The molecule has 26 heavy (non-hydrogen) atoms. The van der Waals surface area contributed by atoms with Crippen LogP contribution in [0.4, 0.5) is 0 Å². The second-order valence-corrected chi connectivity index (χ2v) is 5.69. The van der Waals surface area contributed by atoms with Gasteiger partial charge in [0.05, 0.1) is 11.6 Å². The Morgan fingerprint density at radius 1 is 1.19 bits per heavy atom. The summed E-state index contributed by atoms with van der Waals surface area (Å²) in [5, 5.41) is 2.73. The van der Waals surface area contributed by atoms with Crippen LogP contribution in [-0.4, -0.2) is 36.1 Å². The van der Waals surface area contributed by atoms with Crippen LogP contribution in [0.5, 0.6) is 5.75 Å². The average molecular weight is 420 g/mol. The summed E-state index contributed by atoms with van der Waals surface area (Å²) in [6, 6.07) is 4.56. The number of esters is 1. The molecule has 1 rings (SSSR count). The Labute approximate surface area is 164 Å². The number of hydrazine groups is 1. The minimum Gasteiger partial charge on any atom is -0.482 e. The summed E-state index contributed by atoms with van der Waals surface area (Å²) >= 11 is 16.5. The van der Waals surface area contributed by atoms with Gasteiger partial charge in [-0.3, -0.25) is 25.8 Å². The maximum absolute atomic E-state index is 11.7. The second kappa shape index (κ2) is 11.3. The molecule has 0 aliphatic heterocycles. The third kappa shape index (κ3) is 8.65. The van der Waals surface area contributed by atoms with Crippen molar-refractivity contribution in [3.63, 3.8) is 0 Å². The first kappa shape index (κ1) is 21.7. The van der Waals surface area contributed by atoms with Crippen LogP contribution in [-0.2, 0) is 19.1 Å². The zero-order chi connectivity index (χ0) is 19.5. The smallest absolute Gasteiger partial charge is 0.330 e. The van der Waals surface area contributed by atoms with Crippen molar-refractivity contribution in [1.29, 1.82) is 0 Å². The largest absolute Gasteiger partial charge is 0.482 e. The third-order valence-corrected chi connectivity index (χ3v) is 3.20. The monoisotopic (exact) mass is 419 g/mol. The number of ether oxygens (including phenoxy) is 2. The molecule has 0 aromatic heterocycles. The number of amides is 2. The summed E-state index contributed by atoms with van der Waals surface area (Å²) in [7, 11) is 0. The molecule has 8 nitrogen and oxygen atoms in total. The standard InChI is InChI=1S/C15H15Cl2N3O5S/c1-2-24-14(23)6-5-12(21)18-15(26)20-19-13(22)8-25-11-4-3-9(16)7-10(11)17/h3-7H,2,8H2,1H3,(H,19,22)(H2,18,20,21,26)/b6-5+. The van der Waals surface area contributed by atoms with Crippen LogP contribution in [0.2, 0.25) is 10.0 Å². The number of benzene rings is 1. The number of hydrogen-bond donors (Lipinski definition) is 3. The fourth-order valence-electron chi connectivity index (χ4n) is 1.42. The van der Waals surface area contributed by atoms with Gasteiger partial charge in [0.15, 0.2) is 11.7 Å². The predicted molar refractivity (Wildman–Crippen MR) is 99.7 cm³/mol. The molecule has 0 spiro atoms. The van der Waals surface area contributed by atoms with Gasteiger partial charge < -0.3 is 9.47 Å². The average Bonchev–Trinajstić information content (AvgIpc) is 2.57. The van der Waals surface area contributed by atoms with Crippen molar-refractivity contribution in [3.05, 3.63) is 40.4 Å². The molecule has 11 heteroatoms. The van der Waals surface area contributed by atoms with Gasteiger partial charge in [0.1, 0.15) is 5.75 Å². The predicted octanol–water partition coefficient (Wildman–Crippen LogP) is 1.51. The van der Waals surface area contributed by atoms with E-state index in [0.717, 1.165) is 12.2 Å². The number of nitrogens with one attached hydrogen (secondary N) is 3. The molecule has 0 unspecified atom stereocenters. The Balaban J connectivity index is 2.32. The van der Waals surface area contributed by atoms with Crippen molar-refractivity contribution in [3.8, 4) is 5.75 Å². The highest BCUT2D eigenvalue weighted by Crippen LogP contribution is 2.27. The maximum atomic E-state index is 11.7. The van der Waals surface area contributed by atoms with E-state index in [-0.39, 0.29) is 29.1 Å². The quantitative estimate of drug-likeness (QED) is 0.277. The highest BCUT2D eigenvalue weighted by molar-refractivity contribution is 7.80. The number of carbonyl (C=O) groups excluding carboxylic acids is 3. The first-order chi connectivity index (χ1) is 12.3. The molecule has 0 heterocycles. The fraction of sp³-hybridized carbons (Fsp3) is 0.200. The van der Waals surface area contributed by atoms with Crippen molar-refractivity contribution in [1.82, 2.24) is 16.2 Å². The number of hydrogen-bond acceptors (Lipinski definition) is 6. The Morgan fingerprint density at radius 3 is 2.58 bits per heavy atom. The van der Waals surface area contributed by atoms with Crippen LogP contribution in [0.25, 0.3) is 0 Å². The van der Waals surface area contributed by atoms with Crippen LogP contribution < -0.4 is 20.9 Å². The van der Waals surface area contributed by atoms with Crippen LogP contribution in [0.3, 0.4) is 0 Å². The fourth-order valence-corrected chi connectivity index (χ4v) is 2.03. The molecule has 0 aliphatic carbocycles. The lowest BCUT2D eigenvalue weighted by Gasteiger charge is -2.11. The molecular weight excluding hydrogens is 405 g/mol. The molecule has 0 radical (unpaired) electrons. The highest BCUT2D eigenvalue weighted by Gasteiger charge is 2.08. The van der Waals surface area contributed by atoms with Gasteiger partial charge >= 0.3 is 5.97 Å². The van der Waals surface area contributed by atoms with E-state index in [4.69, 9.17) is 40.2 Å². The summed E-state index contributed by atoms with van der Waals surface area (Å²) in [6.45, 7) is 1.48. The van der Waals surface area contributed by atoms with Gasteiger partial charge in [-0.25, -0.2) is 4.79 Å². The minimum absolute atomic E-state index is 0.179. The van der Waals surface area contributed by atoms with Gasteiger partial charge in [0.2, 0.25) is 5.91 Å². The number of thiocarbonyl (C=S) groups is 1. The van der Waals surface area contributed by atoms with Crippen molar-refractivity contribution >= 4 is 58.3 Å². The van der Waals surface area contributed by atoms with Crippen LogP contribution in [0, 0.1) is 0 Å². The van der Waals surface area contributed by atoms with Crippen LogP contribution in [0.1, 0.15) is 6.92 Å². The summed E-state index contributed by atoms with van der Waals surface area (Å²) in [5.74, 6) is -1.62. The van der Waals surface area contributed by atoms with Crippen molar-refractivity contribution in [2.45, 2.75) is 6.92 Å². The minimum atomic E-state index is -0.672. The van der Waals surface area contributed by atoms with Gasteiger partial charge in [-0.05, 0) is 37.3 Å².